The molecule has 1 heterocycles. The normalized spacial score (nSPS) is 13.0. The van der Waals surface area contributed by atoms with Crippen LogP contribution in [-0.4, -0.2) is 40.7 Å². The van der Waals surface area contributed by atoms with E-state index in [1.807, 2.05) is 18.5 Å². The van der Waals surface area contributed by atoms with Gasteiger partial charge in [0.15, 0.2) is 9.84 Å². The Balaban J connectivity index is 2.57. The summed E-state index contributed by atoms with van der Waals surface area (Å²) in [6.45, 7) is 6.18. The Morgan fingerprint density at radius 1 is 1.35 bits per heavy atom. The summed E-state index contributed by atoms with van der Waals surface area (Å²) in [4.78, 5) is 0. The molecule has 0 atom stereocenters. The maximum atomic E-state index is 11.5. The predicted octanol–water partition coefficient (Wildman–Crippen LogP) is 0.0363. The first-order valence-electron chi connectivity index (χ1n) is 5.40. The Morgan fingerprint density at radius 2 is 1.94 bits per heavy atom. The molecular formula is C10H20N4O2S. The second-order valence-corrected chi connectivity index (χ2v) is 7.51. The molecule has 0 unspecified atom stereocenters. The second-order valence-electron chi connectivity index (χ2n) is 4.86. The van der Waals surface area contributed by atoms with Crippen molar-refractivity contribution in [2.45, 2.75) is 32.1 Å². The van der Waals surface area contributed by atoms with Crippen LogP contribution >= 0.6 is 0 Å². The van der Waals surface area contributed by atoms with Gasteiger partial charge in [0.2, 0.25) is 0 Å². The molecule has 0 aliphatic heterocycles. The molecule has 0 fully saturated rings. The Hall–Kier alpha value is -0.950. The molecular weight excluding hydrogens is 240 g/mol. The zero-order valence-electron chi connectivity index (χ0n) is 11.0. The minimum absolute atomic E-state index is 0.387. The minimum Gasteiger partial charge on any atom is -0.317 e. The molecule has 0 radical (unpaired) electrons. The van der Waals surface area contributed by atoms with E-state index in [2.05, 4.69) is 15.5 Å². The molecule has 1 aromatic rings. The zero-order chi connectivity index (χ0) is 13.3. The van der Waals surface area contributed by atoms with Gasteiger partial charge in [0, 0.05) is 19.8 Å². The van der Waals surface area contributed by atoms with Gasteiger partial charge in [0.25, 0.3) is 0 Å². The molecule has 17 heavy (non-hydrogen) atoms. The lowest BCUT2D eigenvalue weighted by atomic mass is 10.2. The van der Waals surface area contributed by atoms with E-state index >= 15 is 0 Å². The summed E-state index contributed by atoms with van der Waals surface area (Å²) in [5, 5.41) is 11.0. The Labute approximate surface area is 102 Å². The van der Waals surface area contributed by atoms with Crippen LogP contribution in [0.5, 0.6) is 0 Å². The number of hydrogen-bond acceptors (Lipinski definition) is 5. The van der Waals surface area contributed by atoms with Gasteiger partial charge < -0.3 is 9.88 Å². The number of rotatable bonds is 5. The van der Waals surface area contributed by atoms with E-state index < -0.39 is 14.6 Å². The first-order chi connectivity index (χ1) is 7.65. The SMILES string of the molecule is Cc1nnc(CNCC(C)(C)S(C)(=O)=O)n1C. The van der Waals surface area contributed by atoms with Gasteiger partial charge in [0.1, 0.15) is 11.6 Å². The zero-order valence-corrected chi connectivity index (χ0v) is 11.8. The van der Waals surface area contributed by atoms with Crippen molar-refractivity contribution in [2.75, 3.05) is 12.8 Å². The Morgan fingerprint density at radius 3 is 2.35 bits per heavy atom. The third kappa shape index (κ3) is 3.26. The third-order valence-corrected chi connectivity index (χ3v) is 5.17. The van der Waals surface area contributed by atoms with Crippen molar-refractivity contribution in [3.05, 3.63) is 11.6 Å². The van der Waals surface area contributed by atoms with Crippen molar-refractivity contribution in [1.29, 1.82) is 0 Å². The quantitative estimate of drug-likeness (QED) is 0.808. The Kier molecular flexibility index (Phi) is 3.93. The molecule has 0 bridgehead atoms. The molecule has 7 heteroatoms. The highest BCUT2D eigenvalue weighted by Gasteiger charge is 2.29. The average molecular weight is 260 g/mol. The van der Waals surface area contributed by atoms with Crippen molar-refractivity contribution in [1.82, 2.24) is 20.1 Å². The van der Waals surface area contributed by atoms with Crippen LogP contribution in [0.3, 0.4) is 0 Å². The van der Waals surface area contributed by atoms with Gasteiger partial charge in [0.05, 0.1) is 11.3 Å². The van der Waals surface area contributed by atoms with E-state index in [0.29, 0.717) is 13.1 Å². The van der Waals surface area contributed by atoms with Gasteiger partial charge in [-0.2, -0.15) is 0 Å². The molecule has 0 saturated heterocycles. The molecule has 0 aliphatic rings. The fourth-order valence-electron chi connectivity index (χ4n) is 1.21. The van der Waals surface area contributed by atoms with Crippen molar-refractivity contribution in [3.63, 3.8) is 0 Å². The maximum Gasteiger partial charge on any atom is 0.153 e. The molecule has 1 aromatic heterocycles. The van der Waals surface area contributed by atoms with Crippen LogP contribution < -0.4 is 5.32 Å². The van der Waals surface area contributed by atoms with Crippen molar-refractivity contribution in [2.24, 2.45) is 7.05 Å². The first kappa shape index (κ1) is 14.1. The predicted molar refractivity (Wildman–Crippen MR) is 66.4 cm³/mol. The number of nitrogens with zero attached hydrogens (tertiary/aromatic N) is 3. The summed E-state index contributed by atoms with van der Waals surface area (Å²) in [5.41, 5.74) is 0. The van der Waals surface area contributed by atoms with Crippen molar-refractivity contribution in [3.8, 4) is 0 Å². The molecule has 0 saturated carbocycles. The summed E-state index contributed by atoms with van der Waals surface area (Å²) in [6, 6.07) is 0. The smallest absolute Gasteiger partial charge is 0.153 e. The van der Waals surface area contributed by atoms with Gasteiger partial charge >= 0.3 is 0 Å². The number of hydrogen-bond donors (Lipinski definition) is 1. The Bertz CT molecular complexity index is 490. The molecule has 6 nitrogen and oxygen atoms in total. The first-order valence-corrected chi connectivity index (χ1v) is 7.29. The van der Waals surface area contributed by atoms with Crippen LogP contribution in [0.15, 0.2) is 0 Å². The highest BCUT2D eigenvalue weighted by Crippen LogP contribution is 2.13. The van der Waals surface area contributed by atoms with Gasteiger partial charge in [-0.25, -0.2) is 8.42 Å². The molecule has 98 valence electrons. The molecule has 0 aliphatic carbocycles. The number of aromatic nitrogens is 3. The largest absolute Gasteiger partial charge is 0.317 e. The van der Waals surface area contributed by atoms with Crippen LogP contribution in [0.1, 0.15) is 25.5 Å². The topological polar surface area (TPSA) is 76.9 Å². The summed E-state index contributed by atoms with van der Waals surface area (Å²) < 4.78 is 24.1. The van der Waals surface area contributed by atoms with Gasteiger partial charge in [-0.3, -0.25) is 0 Å². The van der Waals surface area contributed by atoms with Gasteiger partial charge in [-0.15, -0.1) is 10.2 Å². The number of aryl methyl sites for hydroxylation is 1. The minimum atomic E-state index is -3.07. The standard InChI is InChI=1S/C10H20N4O2S/c1-8-12-13-9(14(8)4)6-11-7-10(2,3)17(5,15)16/h11H,6-7H2,1-5H3. The second kappa shape index (κ2) is 4.73. The van der Waals surface area contributed by atoms with Crippen molar-refractivity contribution < 1.29 is 8.42 Å². The van der Waals surface area contributed by atoms with E-state index in [4.69, 9.17) is 0 Å². The molecule has 0 aromatic carbocycles. The summed E-state index contributed by atoms with van der Waals surface area (Å²) in [7, 11) is -1.18. The van der Waals surface area contributed by atoms with Crippen molar-refractivity contribution >= 4 is 9.84 Å². The van der Waals surface area contributed by atoms with Gasteiger partial charge in [-0.1, -0.05) is 0 Å². The maximum absolute atomic E-state index is 11.5. The lowest BCUT2D eigenvalue weighted by Gasteiger charge is -2.22. The third-order valence-electron chi connectivity index (χ3n) is 3.02. The monoisotopic (exact) mass is 260 g/mol. The molecule has 0 amide bonds. The highest BCUT2D eigenvalue weighted by molar-refractivity contribution is 7.92. The van der Waals surface area contributed by atoms with E-state index in [-0.39, 0.29) is 0 Å². The van der Waals surface area contributed by atoms with E-state index in [0.717, 1.165) is 11.6 Å². The van der Waals surface area contributed by atoms with E-state index in [1.54, 1.807) is 13.8 Å². The van der Waals surface area contributed by atoms with Gasteiger partial charge in [-0.05, 0) is 20.8 Å². The molecule has 1 N–H and O–H groups in total. The summed E-state index contributed by atoms with van der Waals surface area (Å²) in [6.07, 6.45) is 1.25. The number of sulfone groups is 1. The van der Waals surface area contributed by atoms with Crippen LogP contribution in [0, 0.1) is 6.92 Å². The summed E-state index contributed by atoms with van der Waals surface area (Å²) in [5.74, 6) is 1.64. The highest BCUT2D eigenvalue weighted by atomic mass is 32.2. The van der Waals surface area contributed by atoms with Crippen LogP contribution in [0.2, 0.25) is 0 Å². The average Bonchev–Trinajstić information content (AvgIpc) is 2.47. The van der Waals surface area contributed by atoms with Crippen LogP contribution in [0.4, 0.5) is 0 Å². The molecule has 1 rings (SSSR count). The molecule has 0 spiro atoms. The van der Waals surface area contributed by atoms with E-state index in [9.17, 15) is 8.42 Å². The lowest BCUT2D eigenvalue weighted by molar-refractivity contribution is 0.514. The van der Waals surface area contributed by atoms with E-state index in [1.165, 1.54) is 6.26 Å². The summed E-state index contributed by atoms with van der Waals surface area (Å²) >= 11 is 0. The fourth-order valence-corrected chi connectivity index (χ4v) is 1.58. The number of nitrogens with one attached hydrogen (secondary N) is 1. The van der Waals surface area contributed by atoms with Crippen LogP contribution in [-0.2, 0) is 23.4 Å². The lowest BCUT2D eigenvalue weighted by Crippen LogP contribution is -2.41. The fraction of sp³-hybridized carbons (Fsp3) is 0.800. The van der Waals surface area contributed by atoms with Crippen LogP contribution in [0.25, 0.3) is 0 Å².